The van der Waals surface area contributed by atoms with Gasteiger partial charge in [0.05, 0.1) is 0 Å². The van der Waals surface area contributed by atoms with Crippen molar-refractivity contribution in [3.63, 3.8) is 0 Å². The van der Waals surface area contributed by atoms with Gasteiger partial charge in [-0.3, -0.25) is 9.59 Å². The van der Waals surface area contributed by atoms with Crippen molar-refractivity contribution in [1.82, 2.24) is 10.2 Å². The molecule has 2 heterocycles. The maximum atomic E-state index is 12.6. The van der Waals surface area contributed by atoms with E-state index in [1.165, 1.54) is 0 Å². The number of nitrogens with one attached hydrogen (secondary N) is 1. The van der Waals surface area contributed by atoms with Crippen LogP contribution in [-0.2, 0) is 9.59 Å². The molecule has 2 fully saturated rings. The molecule has 0 aromatic heterocycles. The summed E-state index contributed by atoms with van der Waals surface area (Å²) in [5.41, 5.74) is 0. The van der Waals surface area contributed by atoms with E-state index in [1.807, 2.05) is 30.5 Å². The van der Waals surface area contributed by atoms with Gasteiger partial charge in [0.2, 0.25) is 11.8 Å². The lowest BCUT2D eigenvalue weighted by atomic mass is 9.93. The molecule has 2 rings (SSSR count). The van der Waals surface area contributed by atoms with Crippen LogP contribution in [-0.4, -0.2) is 46.3 Å². The molecule has 0 bridgehead atoms. The van der Waals surface area contributed by atoms with Crippen LogP contribution >= 0.6 is 11.8 Å². The summed E-state index contributed by atoms with van der Waals surface area (Å²) in [5, 5.41) is 2.88. The lowest BCUT2D eigenvalue weighted by Gasteiger charge is -2.42. The van der Waals surface area contributed by atoms with Crippen molar-refractivity contribution in [1.29, 1.82) is 0 Å². The Kier molecular flexibility index (Phi) is 4.20. The van der Waals surface area contributed by atoms with Gasteiger partial charge in [-0.15, -0.1) is 0 Å². The summed E-state index contributed by atoms with van der Waals surface area (Å²) in [4.78, 5) is 26.4. The van der Waals surface area contributed by atoms with Crippen LogP contribution < -0.4 is 5.32 Å². The lowest BCUT2D eigenvalue weighted by molar-refractivity contribution is -0.152. The minimum absolute atomic E-state index is 0.00296. The first-order chi connectivity index (χ1) is 8.56. The van der Waals surface area contributed by atoms with Gasteiger partial charge in [-0.2, -0.15) is 11.8 Å². The van der Waals surface area contributed by atoms with E-state index in [-0.39, 0.29) is 35.9 Å². The molecular weight excluding hydrogens is 248 g/mol. The molecular formula is C13H22N2O2S. The Bertz CT molecular complexity index is 342. The van der Waals surface area contributed by atoms with Crippen molar-refractivity contribution in [2.24, 2.45) is 5.92 Å². The van der Waals surface area contributed by atoms with Crippen molar-refractivity contribution in [3.8, 4) is 0 Å². The summed E-state index contributed by atoms with van der Waals surface area (Å²) < 4.78 is 0. The number of carbonyl (C=O) groups is 2. The molecule has 2 amide bonds. The van der Waals surface area contributed by atoms with Crippen LogP contribution in [0.25, 0.3) is 0 Å². The molecule has 0 aromatic rings. The molecule has 1 N–H and O–H groups in total. The van der Waals surface area contributed by atoms with E-state index in [0.29, 0.717) is 0 Å². The summed E-state index contributed by atoms with van der Waals surface area (Å²) >= 11 is 1.87. The highest BCUT2D eigenvalue weighted by molar-refractivity contribution is 7.99. The maximum absolute atomic E-state index is 12.6. The van der Waals surface area contributed by atoms with Gasteiger partial charge in [0.25, 0.3) is 0 Å². The minimum atomic E-state index is -0.329. The first-order valence-corrected chi connectivity index (χ1v) is 7.92. The highest BCUT2D eigenvalue weighted by atomic mass is 32.2. The van der Waals surface area contributed by atoms with Crippen LogP contribution in [0.5, 0.6) is 0 Å². The van der Waals surface area contributed by atoms with E-state index in [2.05, 4.69) is 12.2 Å². The Morgan fingerprint density at radius 2 is 2.22 bits per heavy atom. The zero-order valence-electron chi connectivity index (χ0n) is 11.3. The molecule has 102 valence electrons. The SMILES string of the molecule is CCC(C)C1NC(=O)C(C)N(C2CCSC2)C1=O. The number of amides is 2. The zero-order chi connectivity index (χ0) is 13.3. The molecule has 18 heavy (non-hydrogen) atoms. The molecule has 0 aliphatic carbocycles. The summed E-state index contributed by atoms with van der Waals surface area (Å²) in [6.07, 6.45) is 1.92. The second-order valence-electron chi connectivity index (χ2n) is 5.31. The summed E-state index contributed by atoms with van der Waals surface area (Å²) in [6, 6.07) is -0.402. The number of carbonyl (C=O) groups excluding carboxylic acids is 2. The summed E-state index contributed by atoms with van der Waals surface area (Å²) in [7, 11) is 0. The third-order valence-corrected chi connectivity index (χ3v) is 5.27. The van der Waals surface area contributed by atoms with Crippen LogP contribution in [0.4, 0.5) is 0 Å². The third kappa shape index (κ3) is 2.37. The Labute approximate surface area is 113 Å². The lowest BCUT2D eigenvalue weighted by Crippen LogP contribution is -2.66. The molecule has 5 heteroatoms. The topological polar surface area (TPSA) is 49.4 Å². The van der Waals surface area contributed by atoms with Gasteiger partial charge < -0.3 is 10.2 Å². The fourth-order valence-corrected chi connectivity index (χ4v) is 3.88. The molecule has 4 unspecified atom stereocenters. The van der Waals surface area contributed by atoms with Gasteiger partial charge in [0.1, 0.15) is 12.1 Å². The molecule has 2 aliphatic heterocycles. The predicted molar refractivity (Wildman–Crippen MR) is 73.4 cm³/mol. The first kappa shape index (κ1) is 13.7. The molecule has 2 aliphatic rings. The average Bonchev–Trinajstić information content (AvgIpc) is 2.87. The maximum Gasteiger partial charge on any atom is 0.246 e. The quantitative estimate of drug-likeness (QED) is 0.840. The van der Waals surface area contributed by atoms with Gasteiger partial charge in [-0.25, -0.2) is 0 Å². The number of hydrogen-bond acceptors (Lipinski definition) is 3. The van der Waals surface area contributed by atoms with Crippen LogP contribution in [0.2, 0.25) is 0 Å². The van der Waals surface area contributed by atoms with E-state index in [9.17, 15) is 9.59 Å². The van der Waals surface area contributed by atoms with Gasteiger partial charge >= 0.3 is 0 Å². The van der Waals surface area contributed by atoms with E-state index in [4.69, 9.17) is 0 Å². The highest BCUT2D eigenvalue weighted by Gasteiger charge is 2.43. The Balaban J connectivity index is 2.19. The third-order valence-electron chi connectivity index (χ3n) is 4.13. The molecule has 4 nitrogen and oxygen atoms in total. The monoisotopic (exact) mass is 270 g/mol. The fourth-order valence-electron chi connectivity index (χ4n) is 2.67. The van der Waals surface area contributed by atoms with E-state index < -0.39 is 0 Å². The second-order valence-corrected chi connectivity index (χ2v) is 6.46. The predicted octanol–water partition coefficient (Wildman–Crippen LogP) is 1.25. The molecule has 0 aromatic carbocycles. The number of rotatable bonds is 3. The smallest absolute Gasteiger partial charge is 0.246 e. The van der Waals surface area contributed by atoms with E-state index >= 15 is 0 Å². The van der Waals surface area contributed by atoms with Gasteiger partial charge in [-0.1, -0.05) is 20.3 Å². The second kappa shape index (κ2) is 5.51. The van der Waals surface area contributed by atoms with Crippen molar-refractivity contribution >= 4 is 23.6 Å². The van der Waals surface area contributed by atoms with Crippen molar-refractivity contribution in [2.75, 3.05) is 11.5 Å². The van der Waals surface area contributed by atoms with Crippen LogP contribution in [0, 0.1) is 5.92 Å². The summed E-state index contributed by atoms with van der Waals surface area (Å²) in [6.45, 7) is 5.92. The molecule has 2 saturated heterocycles. The van der Waals surface area contributed by atoms with Gasteiger partial charge in [0.15, 0.2) is 0 Å². The molecule has 0 radical (unpaired) electrons. The normalized spacial score (nSPS) is 34.6. The summed E-state index contributed by atoms with van der Waals surface area (Å²) in [5.74, 6) is 2.37. The number of hydrogen-bond donors (Lipinski definition) is 1. The van der Waals surface area contributed by atoms with Crippen molar-refractivity contribution < 1.29 is 9.59 Å². The molecule has 0 spiro atoms. The first-order valence-electron chi connectivity index (χ1n) is 6.76. The minimum Gasteiger partial charge on any atom is -0.342 e. The Morgan fingerprint density at radius 1 is 1.50 bits per heavy atom. The largest absolute Gasteiger partial charge is 0.342 e. The van der Waals surface area contributed by atoms with E-state index in [0.717, 1.165) is 24.3 Å². The highest BCUT2D eigenvalue weighted by Crippen LogP contribution is 2.27. The number of thioether (sulfide) groups is 1. The molecule has 4 atom stereocenters. The Hall–Kier alpha value is -0.710. The fraction of sp³-hybridized carbons (Fsp3) is 0.846. The van der Waals surface area contributed by atoms with Crippen molar-refractivity contribution in [2.45, 2.75) is 51.7 Å². The van der Waals surface area contributed by atoms with Gasteiger partial charge in [0, 0.05) is 11.8 Å². The van der Waals surface area contributed by atoms with Gasteiger partial charge in [-0.05, 0) is 25.0 Å². The van der Waals surface area contributed by atoms with Crippen molar-refractivity contribution in [3.05, 3.63) is 0 Å². The standard InChI is InChI=1S/C13H22N2O2S/c1-4-8(2)11-13(17)15(9(3)12(16)14-11)10-5-6-18-7-10/h8-11H,4-7H2,1-3H3,(H,14,16). The number of piperazine rings is 1. The van der Waals surface area contributed by atoms with E-state index in [1.54, 1.807) is 0 Å². The van der Waals surface area contributed by atoms with Crippen LogP contribution in [0.3, 0.4) is 0 Å². The van der Waals surface area contributed by atoms with Crippen LogP contribution in [0.1, 0.15) is 33.6 Å². The molecule has 0 saturated carbocycles. The van der Waals surface area contributed by atoms with Crippen LogP contribution in [0.15, 0.2) is 0 Å². The number of nitrogens with zero attached hydrogens (tertiary/aromatic N) is 1. The Morgan fingerprint density at radius 3 is 2.78 bits per heavy atom. The zero-order valence-corrected chi connectivity index (χ0v) is 12.1. The average molecular weight is 270 g/mol.